The van der Waals surface area contributed by atoms with Crippen molar-refractivity contribution in [1.82, 2.24) is 10.2 Å². The monoisotopic (exact) mass is 294 g/mol. The molecule has 5 nitrogen and oxygen atoms in total. The van der Waals surface area contributed by atoms with E-state index in [1.165, 1.54) is 0 Å². The zero-order valence-electron chi connectivity index (χ0n) is 13.0. The maximum Gasteiger partial charge on any atom is 0.287 e. The van der Waals surface area contributed by atoms with E-state index >= 15 is 0 Å². The molecule has 1 heterocycles. The minimum Gasteiger partial charge on any atom is -0.455 e. The second kappa shape index (κ2) is 7.09. The van der Waals surface area contributed by atoms with E-state index < -0.39 is 5.60 Å². The highest BCUT2D eigenvalue weighted by molar-refractivity contribution is 5.91. The van der Waals surface area contributed by atoms with E-state index in [4.69, 9.17) is 4.42 Å². The Kier molecular flexibility index (Phi) is 5.42. The lowest BCUT2D eigenvalue weighted by Crippen LogP contribution is -2.40. The lowest BCUT2D eigenvalue weighted by Gasteiger charge is -2.21. The van der Waals surface area contributed by atoms with E-state index in [0.717, 1.165) is 44.5 Å². The molecule has 0 bridgehead atoms. The Balaban J connectivity index is 1.86. The summed E-state index contributed by atoms with van der Waals surface area (Å²) in [7, 11) is 0. The topological polar surface area (TPSA) is 65.7 Å². The first kappa shape index (κ1) is 16.0. The van der Waals surface area contributed by atoms with Crippen molar-refractivity contribution in [1.29, 1.82) is 0 Å². The van der Waals surface area contributed by atoms with Gasteiger partial charge < -0.3 is 14.8 Å². The third-order valence-corrected chi connectivity index (χ3v) is 4.27. The number of furan rings is 1. The van der Waals surface area contributed by atoms with Gasteiger partial charge in [-0.25, -0.2) is 0 Å². The summed E-state index contributed by atoms with van der Waals surface area (Å²) < 4.78 is 5.59. The minimum absolute atomic E-state index is 0.249. The molecule has 1 saturated carbocycles. The second-order valence-corrected chi connectivity index (χ2v) is 5.84. The molecule has 5 heteroatoms. The molecule has 1 aromatic rings. The maximum atomic E-state index is 12.1. The number of rotatable bonds is 7. The van der Waals surface area contributed by atoms with Crippen LogP contribution in [0.25, 0.3) is 0 Å². The van der Waals surface area contributed by atoms with Gasteiger partial charge in [-0.15, -0.1) is 0 Å². The van der Waals surface area contributed by atoms with Crippen molar-refractivity contribution >= 4 is 5.91 Å². The predicted molar refractivity (Wildman–Crippen MR) is 81.1 cm³/mol. The maximum absolute atomic E-state index is 12.1. The highest BCUT2D eigenvalue weighted by Crippen LogP contribution is 2.28. The van der Waals surface area contributed by atoms with E-state index in [0.29, 0.717) is 18.8 Å². The normalized spacial score (nSPS) is 17.3. The number of aliphatic hydroxyl groups is 1. The zero-order valence-corrected chi connectivity index (χ0v) is 13.0. The number of nitrogens with zero attached hydrogens (tertiary/aromatic N) is 1. The molecule has 1 aliphatic carbocycles. The third-order valence-electron chi connectivity index (χ3n) is 4.27. The van der Waals surface area contributed by atoms with Crippen LogP contribution in [0.4, 0.5) is 0 Å². The summed E-state index contributed by atoms with van der Waals surface area (Å²) in [6.45, 7) is 7.12. The summed E-state index contributed by atoms with van der Waals surface area (Å²) in [6.07, 6.45) is 3.58. The summed E-state index contributed by atoms with van der Waals surface area (Å²) in [5, 5.41) is 13.0. The summed E-state index contributed by atoms with van der Waals surface area (Å²) in [4.78, 5) is 14.3. The van der Waals surface area contributed by atoms with E-state index in [-0.39, 0.29) is 5.91 Å². The summed E-state index contributed by atoms with van der Waals surface area (Å²) in [5.41, 5.74) is -0.730. The van der Waals surface area contributed by atoms with Crippen LogP contribution in [0.15, 0.2) is 16.5 Å². The fourth-order valence-electron chi connectivity index (χ4n) is 2.79. The van der Waals surface area contributed by atoms with E-state index in [1.807, 2.05) is 6.07 Å². The van der Waals surface area contributed by atoms with Gasteiger partial charge in [0.05, 0.1) is 12.1 Å². The molecule has 1 aromatic heterocycles. The summed E-state index contributed by atoms with van der Waals surface area (Å²) in [5.74, 6) is 0.864. The highest BCUT2D eigenvalue weighted by Gasteiger charge is 2.31. The van der Waals surface area contributed by atoms with Crippen LogP contribution >= 0.6 is 0 Å². The van der Waals surface area contributed by atoms with Gasteiger partial charge in [-0.2, -0.15) is 0 Å². The fraction of sp³-hybridized carbons (Fsp3) is 0.688. The molecule has 1 amide bonds. The quantitative estimate of drug-likeness (QED) is 0.809. The number of amides is 1. The first-order valence-electron chi connectivity index (χ1n) is 7.88. The largest absolute Gasteiger partial charge is 0.455 e. The molecule has 0 unspecified atom stereocenters. The molecule has 2 rings (SSSR count). The average molecular weight is 294 g/mol. The van der Waals surface area contributed by atoms with Gasteiger partial charge in [0.25, 0.3) is 5.91 Å². The molecular formula is C16H26N2O3. The Morgan fingerprint density at radius 1 is 1.33 bits per heavy atom. The number of carbonyl (C=O) groups excluding carboxylic acids is 1. The molecule has 1 aliphatic rings. The van der Waals surface area contributed by atoms with Crippen LogP contribution in [-0.2, 0) is 6.54 Å². The Hall–Kier alpha value is -1.33. The first-order chi connectivity index (χ1) is 10.1. The Morgan fingerprint density at radius 3 is 2.62 bits per heavy atom. The molecule has 0 aliphatic heterocycles. The SMILES string of the molecule is CCN(CC)Cc1ccc(C(=O)NCC2(O)CCCC2)o1. The van der Waals surface area contributed by atoms with Crippen molar-refractivity contribution in [3.05, 3.63) is 23.7 Å². The van der Waals surface area contributed by atoms with Crippen LogP contribution in [0.5, 0.6) is 0 Å². The average Bonchev–Trinajstić information content (AvgIpc) is 3.12. The Morgan fingerprint density at radius 2 is 2.00 bits per heavy atom. The van der Waals surface area contributed by atoms with Crippen molar-refractivity contribution in [3.63, 3.8) is 0 Å². The fourth-order valence-corrected chi connectivity index (χ4v) is 2.79. The van der Waals surface area contributed by atoms with Crippen LogP contribution in [0.3, 0.4) is 0 Å². The first-order valence-corrected chi connectivity index (χ1v) is 7.88. The van der Waals surface area contributed by atoms with Crippen molar-refractivity contribution in [3.8, 4) is 0 Å². The van der Waals surface area contributed by atoms with Crippen molar-refractivity contribution < 1.29 is 14.3 Å². The van der Waals surface area contributed by atoms with Gasteiger partial charge in [0.15, 0.2) is 5.76 Å². The van der Waals surface area contributed by atoms with Gasteiger partial charge in [-0.05, 0) is 38.1 Å². The lowest BCUT2D eigenvalue weighted by atomic mass is 10.0. The number of hydrogen-bond donors (Lipinski definition) is 2. The number of carbonyl (C=O) groups is 1. The molecule has 0 radical (unpaired) electrons. The Labute approximate surface area is 126 Å². The van der Waals surface area contributed by atoms with Crippen molar-refractivity contribution in [2.45, 2.75) is 51.7 Å². The molecule has 0 atom stereocenters. The molecule has 21 heavy (non-hydrogen) atoms. The van der Waals surface area contributed by atoms with E-state index in [1.54, 1.807) is 6.07 Å². The van der Waals surface area contributed by atoms with Crippen molar-refractivity contribution in [2.24, 2.45) is 0 Å². The second-order valence-electron chi connectivity index (χ2n) is 5.84. The molecule has 0 saturated heterocycles. The van der Waals surface area contributed by atoms with Crippen LogP contribution in [0.2, 0.25) is 0 Å². The van der Waals surface area contributed by atoms with Gasteiger partial charge in [0, 0.05) is 6.54 Å². The smallest absolute Gasteiger partial charge is 0.287 e. The summed E-state index contributed by atoms with van der Waals surface area (Å²) in [6, 6.07) is 3.55. The molecule has 0 aromatic carbocycles. The van der Waals surface area contributed by atoms with Gasteiger partial charge >= 0.3 is 0 Å². The zero-order chi connectivity index (χ0) is 15.3. The van der Waals surface area contributed by atoms with E-state index in [9.17, 15) is 9.90 Å². The molecule has 2 N–H and O–H groups in total. The number of hydrogen-bond acceptors (Lipinski definition) is 4. The van der Waals surface area contributed by atoms with E-state index in [2.05, 4.69) is 24.1 Å². The Bertz CT molecular complexity index is 460. The van der Waals surface area contributed by atoms with Crippen LogP contribution in [-0.4, -0.2) is 41.1 Å². The van der Waals surface area contributed by atoms with Crippen LogP contribution in [0, 0.1) is 0 Å². The van der Waals surface area contributed by atoms with Gasteiger partial charge in [0.2, 0.25) is 0 Å². The van der Waals surface area contributed by atoms with Crippen LogP contribution in [0.1, 0.15) is 55.8 Å². The van der Waals surface area contributed by atoms with Crippen molar-refractivity contribution in [2.75, 3.05) is 19.6 Å². The summed E-state index contributed by atoms with van der Waals surface area (Å²) >= 11 is 0. The molecular weight excluding hydrogens is 268 g/mol. The minimum atomic E-state index is -0.730. The van der Waals surface area contributed by atoms with Gasteiger partial charge in [-0.3, -0.25) is 9.69 Å². The third kappa shape index (κ3) is 4.32. The molecule has 0 spiro atoms. The lowest BCUT2D eigenvalue weighted by molar-refractivity contribution is 0.0443. The highest BCUT2D eigenvalue weighted by atomic mass is 16.4. The predicted octanol–water partition coefficient (Wildman–Crippen LogP) is 2.16. The standard InChI is InChI=1S/C16H26N2O3/c1-3-18(4-2)11-13-7-8-14(21-13)15(19)17-12-16(20)9-5-6-10-16/h7-8,20H,3-6,9-12H2,1-2H3,(H,17,19). The van der Waals surface area contributed by atoms with Gasteiger partial charge in [-0.1, -0.05) is 26.7 Å². The molecule has 1 fully saturated rings. The number of nitrogens with one attached hydrogen (secondary N) is 1. The molecule has 118 valence electrons. The van der Waals surface area contributed by atoms with Crippen LogP contribution < -0.4 is 5.32 Å². The van der Waals surface area contributed by atoms with Gasteiger partial charge in [0.1, 0.15) is 5.76 Å².